The quantitative estimate of drug-likeness (QED) is 0.797. The summed E-state index contributed by atoms with van der Waals surface area (Å²) in [5, 5.41) is 0. The van der Waals surface area contributed by atoms with E-state index >= 15 is 0 Å². The first-order valence-electron chi connectivity index (χ1n) is 4.98. The summed E-state index contributed by atoms with van der Waals surface area (Å²) in [5.74, 6) is 0. The number of rotatable bonds is 4. The highest BCUT2D eigenvalue weighted by Gasteiger charge is 2.20. The zero-order chi connectivity index (χ0) is 10.6. The Labute approximate surface area is 86.1 Å². The smallest absolute Gasteiger partial charge is 0.0804 e. The molecule has 1 rings (SSSR count). The predicted octanol–water partition coefficient (Wildman–Crippen LogP) is 2.50. The van der Waals surface area contributed by atoms with Crippen LogP contribution in [0.2, 0.25) is 0 Å². The first-order valence-corrected chi connectivity index (χ1v) is 4.98. The van der Waals surface area contributed by atoms with Crippen molar-refractivity contribution in [1.29, 1.82) is 0 Å². The van der Waals surface area contributed by atoms with E-state index in [1.807, 2.05) is 39.0 Å². The molecule has 2 heteroatoms. The van der Waals surface area contributed by atoms with Crippen LogP contribution in [0.15, 0.2) is 30.3 Å². The third-order valence-electron chi connectivity index (χ3n) is 2.26. The lowest BCUT2D eigenvalue weighted by molar-refractivity contribution is -0.0590. The molecule has 0 aliphatic heterocycles. The van der Waals surface area contributed by atoms with Gasteiger partial charge in [0.1, 0.15) is 0 Å². The van der Waals surface area contributed by atoms with Gasteiger partial charge in [0.25, 0.3) is 0 Å². The fraction of sp³-hybridized carbons (Fsp3) is 0.500. The van der Waals surface area contributed by atoms with Crippen LogP contribution in [0.1, 0.15) is 32.4 Å². The second-order valence-electron chi connectivity index (χ2n) is 4.13. The van der Waals surface area contributed by atoms with Crippen molar-refractivity contribution in [3.05, 3.63) is 35.9 Å². The van der Waals surface area contributed by atoms with Crippen molar-refractivity contribution >= 4 is 0 Å². The van der Waals surface area contributed by atoms with Crippen LogP contribution < -0.4 is 5.73 Å². The number of hydrogen-bond acceptors (Lipinski definition) is 2. The van der Waals surface area contributed by atoms with Gasteiger partial charge in [-0.1, -0.05) is 30.3 Å². The number of hydrogen-bond donors (Lipinski definition) is 1. The summed E-state index contributed by atoms with van der Waals surface area (Å²) in [4.78, 5) is 0. The SMILES string of the molecule is CC(OC(C)(C)CN)c1ccccc1. The van der Waals surface area contributed by atoms with E-state index in [-0.39, 0.29) is 11.7 Å². The van der Waals surface area contributed by atoms with Crippen molar-refractivity contribution in [2.24, 2.45) is 5.73 Å². The molecular weight excluding hydrogens is 174 g/mol. The van der Waals surface area contributed by atoms with Crippen molar-refractivity contribution in [2.75, 3.05) is 6.54 Å². The highest BCUT2D eigenvalue weighted by Crippen LogP contribution is 2.22. The van der Waals surface area contributed by atoms with Gasteiger partial charge in [-0.25, -0.2) is 0 Å². The monoisotopic (exact) mass is 193 g/mol. The molecule has 2 N–H and O–H groups in total. The fourth-order valence-electron chi connectivity index (χ4n) is 1.32. The lowest BCUT2D eigenvalue weighted by atomic mass is 10.1. The first kappa shape index (κ1) is 11.2. The lowest BCUT2D eigenvalue weighted by Crippen LogP contribution is -2.34. The minimum Gasteiger partial charge on any atom is -0.367 e. The van der Waals surface area contributed by atoms with Crippen molar-refractivity contribution in [2.45, 2.75) is 32.5 Å². The van der Waals surface area contributed by atoms with Crippen molar-refractivity contribution < 1.29 is 4.74 Å². The van der Waals surface area contributed by atoms with Crippen LogP contribution in [0.5, 0.6) is 0 Å². The molecule has 78 valence electrons. The Balaban J connectivity index is 2.64. The number of benzene rings is 1. The second kappa shape index (κ2) is 4.58. The molecule has 0 fully saturated rings. The highest BCUT2D eigenvalue weighted by molar-refractivity contribution is 5.16. The molecule has 14 heavy (non-hydrogen) atoms. The Morgan fingerprint density at radius 1 is 1.29 bits per heavy atom. The largest absolute Gasteiger partial charge is 0.367 e. The lowest BCUT2D eigenvalue weighted by Gasteiger charge is -2.28. The molecule has 1 aromatic rings. The molecule has 0 aliphatic rings. The van der Waals surface area contributed by atoms with E-state index in [1.165, 1.54) is 5.56 Å². The molecule has 0 radical (unpaired) electrons. The first-order chi connectivity index (χ1) is 6.55. The molecule has 0 amide bonds. The Kier molecular flexibility index (Phi) is 3.67. The van der Waals surface area contributed by atoms with Crippen LogP contribution in [0, 0.1) is 0 Å². The molecule has 2 nitrogen and oxygen atoms in total. The summed E-state index contributed by atoms with van der Waals surface area (Å²) in [7, 11) is 0. The average molecular weight is 193 g/mol. The van der Waals surface area contributed by atoms with Crippen molar-refractivity contribution in [3.8, 4) is 0 Å². The summed E-state index contributed by atoms with van der Waals surface area (Å²) >= 11 is 0. The molecule has 0 saturated carbocycles. The van der Waals surface area contributed by atoms with Crippen LogP contribution in [0.3, 0.4) is 0 Å². The maximum absolute atomic E-state index is 5.85. The third-order valence-corrected chi connectivity index (χ3v) is 2.26. The van der Waals surface area contributed by atoms with E-state index in [0.29, 0.717) is 6.54 Å². The molecule has 0 aliphatic carbocycles. The van der Waals surface area contributed by atoms with Gasteiger partial charge >= 0.3 is 0 Å². The normalized spacial score (nSPS) is 14.0. The van der Waals surface area contributed by atoms with Crippen molar-refractivity contribution in [1.82, 2.24) is 0 Å². The van der Waals surface area contributed by atoms with Crippen LogP contribution in [0.4, 0.5) is 0 Å². The van der Waals surface area contributed by atoms with E-state index in [1.54, 1.807) is 0 Å². The van der Waals surface area contributed by atoms with Gasteiger partial charge in [-0.15, -0.1) is 0 Å². The van der Waals surface area contributed by atoms with Gasteiger partial charge in [-0.3, -0.25) is 0 Å². The molecule has 1 atom stereocenters. The van der Waals surface area contributed by atoms with Gasteiger partial charge in [-0.05, 0) is 26.3 Å². The zero-order valence-corrected chi connectivity index (χ0v) is 9.16. The summed E-state index contributed by atoms with van der Waals surface area (Å²) in [6.45, 7) is 6.59. The van der Waals surface area contributed by atoms with E-state index in [4.69, 9.17) is 10.5 Å². The summed E-state index contributed by atoms with van der Waals surface area (Å²) in [5.41, 5.74) is 6.54. The number of nitrogens with two attached hydrogens (primary N) is 1. The molecule has 0 saturated heterocycles. The van der Waals surface area contributed by atoms with Gasteiger partial charge in [0.2, 0.25) is 0 Å². The fourth-order valence-corrected chi connectivity index (χ4v) is 1.32. The summed E-state index contributed by atoms with van der Waals surface area (Å²) in [6, 6.07) is 10.2. The van der Waals surface area contributed by atoms with Gasteiger partial charge in [0.15, 0.2) is 0 Å². The van der Waals surface area contributed by atoms with Crippen LogP contribution in [-0.2, 0) is 4.74 Å². The third kappa shape index (κ3) is 3.13. The maximum Gasteiger partial charge on any atom is 0.0804 e. The van der Waals surface area contributed by atoms with Crippen LogP contribution >= 0.6 is 0 Å². The molecule has 0 aromatic heterocycles. The standard InChI is InChI=1S/C12H19NO/c1-10(14-12(2,3)9-13)11-7-5-4-6-8-11/h4-8,10H,9,13H2,1-3H3. The minimum atomic E-state index is -0.255. The predicted molar refractivity (Wildman–Crippen MR) is 59.1 cm³/mol. The van der Waals surface area contributed by atoms with Crippen LogP contribution in [0.25, 0.3) is 0 Å². The summed E-state index contributed by atoms with van der Waals surface area (Å²) in [6.07, 6.45) is 0.0924. The minimum absolute atomic E-state index is 0.0924. The van der Waals surface area contributed by atoms with Gasteiger partial charge in [-0.2, -0.15) is 0 Å². The maximum atomic E-state index is 5.85. The Hall–Kier alpha value is -0.860. The van der Waals surface area contributed by atoms with E-state index in [9.17, 15) is 0 Å². The number of ether oxygens (including phenoxy) is 1. The van der Waals surface area contributed by atoms with E-state index in [2.05, 4.69) is 12.1 Å². The molecule has 0 spiro atoms. The Morgan fingerprint density at radius 3 is 2.36 bits per heavy atom. The zero-order valence-electron chi connectivity index (χ0n) is 9.16. The molecule has 1 unspecified atom stereocenters. The second-order valence-corrected chi connectivity index (χ2v) is 4.13. The molecular formula is C12H19NO. The van der Waals surface area contributed by atoms with E-state index < -0.39 is 0 Å². The van der Waals surface area contributed by atoms with Crippen molar-refractivity contribution in [3.63, 3.8) is 0 Å². The summed E-state index contributed by atoms with van der Waals surface area (Å²) < 4.78 is 5.85. The molecule has 0 bridgehead atoms. The van der Waals surface area contributed by atoms with Gasteiger partial charge in [0.05, 0.1) is 11.7 Å². The average Bonchev–Trinajstić information content (AvgIpc) is 2.19. The molecule has 0 heterocycles. The van der Waals surface area contributed by atoms with Gasteiger partial charge < -0.3 is 10.5 Å². The van der Waals surface area contributed by atoms with Gasteiger partial charge in [0, 0.05) is 6.54 Å². The Morgan fingerprint density at radius 2 is 1.86 bits per heavy atom. The van der Waals surface area contributed by atoms with E-state index in [0.717, 1.165) is 0 Å². The Bertz CT molecular complexity index is 269. The highest BCUT2D eigenvalue weighted by atomic mass is 16.5. The topological polar surface area (TPSA) is 35.2 Å². The molecule has 1 aromatic carbocycles. The van der Waals surface area contributed by atoms with Crippen LogP contribution in [-0.4, -0.2) is 12.1 Å².